The highest BCUT2D eigenvalue weighted by Gasteiger charge is 2.52. The van der Waals surface area contributed by atoms with Gasteiger partial charge in [0.2, 0.25) is 11.4 Å². The fraction of sp³-hybridized carbons (Fsp3) is 0.222. The summed E-state index contributed by atoms with van der Waals surface area (Å²) in [6.07, 6.45) is -0.181. The monoisotopic (exact) mass is 326 g/mol. The second kappa shape index (κ2) is 6.07. The van der Waals surface area contributed by atoms with Crippen molar-refractivity contribution in [2.24, 2.45) is 0 Å². The third-order valence-corrected chi connectivity index (χ3v) is 4.00. The maximum absolute atomic E-state index is 12.3. The van der Waals surface area contributed by atoms with E-state index in [1.54, 1.807) is 48.5 Å². The van der Waals surface area contributed by atoms with Crippen molar-refractivity contribution in [1.29, 1.82) is 0 Å². The van der Waals surface area contributed by atoms with Gasteiger partial charge in [-0.1, -0.05) is 60.7 Å². The van der Waals surface area contributed by atoms with Gasteiger partial charge in [-0.15, -0.1) is 0 Å². The summed E-state index contributed by atoms with van der Waals surface area (Å²) in [5.74, 6) is -1.69. The Hall–Kier alpha value is -2.70. The predicted molar refractivity (Wildman–Crippen MR) is 86.5 cm³/mol. The number of hydrogen-bond donors (Lipinski definition) is 4. The van der Waals surface area contributed by atoms with Crippen molar-refractivity contribution in [1.82, 2.24) is 10.6 Å². The van der Waals surface area contributed by atoms with Gasteiger partial charge < -0.3 is 20.8 Å². The Kier molecular flexibility index (Phi) is 4.09. The standard InChI is InChI=1S/C18H18N2O4/c21-15-17(23,11-13-7-3-1-4-8-13)19-16(22)18(24,20-15)12-14-9-5-2-6-10-14/h1-10,23-24H,11-12H2,(H,19,22)(H,20,21). The highest BCUT2D eigenvalue weighted by molar-refractivity contribution is 6.00. The van der Waals surface area contributed by atoms with E-state index in [4.69, 9.17) is 0 Å². The topological polar surface area (TPSA) is 98.7 Å². The number of benzene rings is 2. The summed E-state index contributed by atoms with van der Waals surface area (Å²) in [5, 5.41) is 25.5. The molecule has 2 unspecified atom stereocenters. The minimum absolute atomic E-state index is 0.0904. The van der Waals surface area contributed by atoms with Crippen molar-refractivity contribution in [2.45, 2.75) is 24.3 Å². The first-order chi connectivity index (χ1) is 11.4. The third-order valence-electron chi connectivity index (χ3n) is 4.00. The average molecular weight is 326 g/mol. The van der Waals surface area contributed by atoms with Crippen molar-refractivity contribution in [3.05, 3.63) is 71.8 Å². The van der Waals surface area contributed by atoms with Crippen LogP contribution in [0.1, 0.15) is 11.1 Å². The molecule has 6 nitrogen and oxygen atoms in total. The Morgan fingerprint density at radius 3 is 1.33 bits per heavy atom. The van der Waals surface area contributed by atoms with Crippen LogP contribution in [0.3, 0.4) is 0 Å². The van der Waals surface area contributed by atoms with Gasteiger partial charge in [-0.05, 0) is 11.1 Å². The molecule has 1 fully saturated rings. The Balaban J connectivity index is 1.78. The van der Waals surface area contributed by atoms with Crippen molar-refractivity contribution in [3.63, 3.8) is 0 Å². The molecule has 6 heteroatoms. The zero-order chi connectivity index (χ0) is 17.2. The first kappa shape index (κ1) is 16.2. The maximum atomic E-state index is 12.3. The Morgan fingerprint density at radius 1 is 0.667 bits per heavy atom. The lowest BCUT2D eigenvalue weighted by Gasteiger charge is -2.40. The second-order valence-electron chi connectivity index (χ2n) is 5.95. The van der Waals surface area contributed by atoms with Crippen LogP contribution in [0.25, 0.3) is 0 Å². The average Bonchev–Trinajstić information content (AvgIpc) is 2.55. The lowest BCUT2D eigenvalue weighted by atomic mass is 9.93. The van der Waals surface area contributed by atoms with Gasteiger partial charge in [0.15, 0.2) is 0 Å². The highest BCUT2D eigenvalue weighted by atomic mass is 16.4. The van der Waals surface area contributed by atoms with Gasteiger partial charge in [-0.25, -0.2) is 0 Å². The van der Waals surface area contributed by atoms with E-state index in [0.29, 0.717) is 11.1 Å². The number of nitrogens with one attached hydrogen (secondary N) is 2. The molecule has 2 aromatic carbocycles. The molecule has 0 saturated carbocycles. The van der Waals surface area contributed by atoms with Crippen LogP contribution in [0.15, 0.2) is 60.7 Å². The minimum Gasteiger partial charge on any atom is -0.363 e. The van der Waals surface area contributed by atoms with E-state index in [1.165, 1.54) is 0 Å². The molecule has 0 radical (unpaired) electrons. The van der Waals surface area contributed by atoms with Gasteiger partial charge in [0.1, 0.15) is 0 Å². The zero-order valence-electron chi connectivity index (χ0n) is 12.9. The second-order valence-corrected chi connectivity index (χ2v) is 5.95. The van der Waals surface area contributed by atoms with E-state index in [-0.39, 0.29) is 12.8 Å². The van der Waals surface area contributed by atoms with Crippen LogP contribution in [-0.4, -0.2) is 33.5 Å². The summed E-state index contributed by atoms with van der Waals surface area (Å²) in [7, 11) is 0. The molecule has 1 heterocycles. The summed E-state index contributed by atoms with van der Waals surface area (Å²) in [6.45, 7) is 0. The van der Waals surface area contributed by atoms with Crippen LogP contribution in [0, 0.1) is 0 Å². The fourth-order valence-electron chi connectivity index (χ4n) is 2.73. The molecule has 0 aromatic heterocycles. The van der Waals surface area contributed by atoms with Crippen LogP contribution >= 0.6 is 0 Å². The summed E-state index contributed by atoms with van der Waals surface area (Å²) >= 11 is 0. The summed E-state index contributed by atoms with van der Waals surface area (Å²) in [5.41, 5.74) is -2.82. The molecule has 24 heavy (non-hydrogen) atoms. The number of carbonyl (C=O) groups excluding carboxylic acids is 2. The number of hydrogen-bond acceptors (Lipinski definition) is 4. The van der Waals surface area contributed by atoms with Gasteiger partial charge in [0, 0.05) is 12.8 Å². The fourth-order valence-corrected chi connectivity index (χ4v) is 2.73. The van der Waals surface area contributed by atoms with Crippen molar-refractivity contribution in [3.8, 4) is 0 Å². The molecule has 2 aromatic rings. The predicted octanol–water partition coefficient (Wildman–Crippen LogP) is 0.0950. The third kappa shape index (κ3) is 3.15. The van der Waals surface area contributed by atoms with Crippen LogP contribution in [0.4, 0.5) is 0 Å². The molecule has 0 spiro atoms. The molecule has 0 bridgehead atoms. The van der Waals surface area contributed by atoms with E-state index in [1.807, 2.05) is 12.1 Å². The lowest BCUT2D eigenvalue weighted by Crippen LogP contribution is -2.76. The molecule has 2 atom stereocenters. The summed E-state index contributed by atoms with van der Waals surface area (Å²) in [4.78, 5) is 24.7. The van der Waals surface area contributed by atoms with E-state index in [9.17, 15) is 19.8 Å². The molecular formula is C18H18N2O4. The van der Waals surface area contributed by atoms with Crippen LogP contribution in [0.5, 0.6) is 0 Å². The Morgan fingerprint density at radius 2 is 1.00 bits per heavy atom. The van der Waals surface area contributed by atoms with E-state index in [0.717, 1.165) is 0 Å². The summed E-state index contributed by atoms with van der Waals surface area (Å²) in [6, 6.07) is 17.7. The smallest absolute Gasteiger partial charge is 0.276 e. The highest BCUT2D eigenvalue weighted by Crippen LogP contribution is 2.21. The molecule has 124 valence electrons. The molecule has 1 aliphatic rings. The number of rotatable bonds is 4. The number of carbonyl (C=O) groups is 2. The normalized spacial score (nSPS) is 26.6. The van der Waals surface area contributed by atoms with Gasteiger partial charge >= 0.3 is 0 Å². The minimum atomic E-state index is -2.10. The Labute approximate surface area is 139 Å². The molecule has 0 aliphatic carbocycles. The van der Waals surface area contributed by atoms with Gasteiger partial charge in [-0.3, -0.25) is 9.59 Å². The lowest BCUT2D eigenvalue weighted by molar-refractivity contribution is -0.176. The number of piperazine rings is 1. The SMILES string of the molecule is O=C1NC(O)(Cc2ccccc2)C(=O)NC1(O)Cc1ccccc1. The van der Waals surface area contributed by atoms with E-state index >= 15 is 0 Å². The van der Waals surface area contributed by atoms with Gasteiger partial charge in [0.05, 0.1) is 0 Å². The Bertz CT molecular complexity index is 685. The molecule has 2 amide bonds. The van der Waals surface area contributed by atoms with E-state index < -0.39 is 23.3 Å². The summed E-state index contributed by atoms with van der Waals surface area (Å²) < 4.78 is 0. The van der Waals surface area contributed by atoms with Crippen LogP contribution in [0.2, 0.25) is 0 Å². The van der Waals surface area contributed by atoms with Crippen LogP contribution < -0.4 is 10.6 Å². The van der Waals surface area contributed by atoms with Crippen LogP contribution in [-0.2, 0) is 22.4 Å². The molecule has 1 aliphatic heterocycles. The first-order valence-corrected chi connectivity index (χ1v) is 7.59. The zero-order valence-corrected chi connectivity index (χ0v) is 12.9. The van der Waals surface area contributed by atoms with Crippen molar-refractivity contribution in [2.75, 3.05) is 0 Å². The number of aliphatic hydroxyl groups is 2. The van der Waals surface area contributed by atoms with E-state index in [2.05, 4.69) is 10.6 Å². The first-order valence-electron chi connectivity index (χ1n) is 7.59. The van der Waals surface area contributed by atoms with Gasteiger partial charge in [0.25, 0.3) is 11.8 Å². The van der Waals surface area contributed by atoms with Crippen molar-refractivity contribution >= 4 is 11.8 Å². The number of amides is 2. The van der Waals surface area contributed by atoms with Crippen molar-refractivity contribution < 1.29 is 19.8 Å². The molecule has 3 rings (SSSR count). The van der Waals surface area contributed by atoms with Gasteiger partial charge in [-0.2, -0.15) is 0 Å². The molecule has 4 N–H and O–H groups in total. The molecular weight excluding hydrogens is 308 g/mol. The molecule has 1 saturated heterocycles. The quantitative estimate of drug-likeness (QED) is 0.640. The maximum Gasteiger partial charge on any atom is 0.276 e. The largest absolute Gasteiger partial charge is 0.363 e.